The van der Waals surface area contributed by atoms with E-state index in [1.54, 1.807) is 0 Å². The van der Waals surface area contributed by atoms with Crippen molar-refractivity contribution in [3.05, 3.63) is 59.7 Å². The van der Waals surface area contributed by atoms with Crippen molar-refractivity contribution in [3.63, 3.8) is 0 Å². The number of fused-ring (bicyclic) bond motifs is 4. The van der Waals surface area contributed by atoms with Crippen molar-refractivity contribution in [2.24, 2.45) is 5.41 Å². The van der Waals surface area contributed by atoms with E-state index in [0.29, 0.717) is 0 Å². The highest BCUT2D eigenvalue weighted by molar-refractivity contribution is 5.99. The number of nitrogens with zero attached hydrogens (tertiary/aromatic N) is 1. The minimum atomic E-state index is -0.415. The van der Waals surface area contributed by atoms with Crippen molar-refractivity contribution >= 4 is 17.3 Å². The van der Waals surface area contributed by atoms with Crippen LogP contribution in [0.1, 0.15) is 30.5 Å². The van der Waals surface area contributed by atoms with E-state index in [9.17, 15) is 4.79 Å². The van der Waals surface area contributed by atoms with Gasteiger partial charge < -0.3 is 10.2 Å². The number of benzene rings is 2. The summed E-state index contributed by atoms with van der Waals surface area (Å²) in [6.45, 7) is 2.10. The topological polar surface area (TPSA) is 32.3 Å². The van der Waals surface area contributed by atoms with Crippen LogP contribution in [-0.4, -0.2) is 13.0 Å². The molecule has 2 heterocycles. The number of nitrogens with one attached hydrogen (secondary N) is 1. The molecule has 0 saturated carbocycles. The zero-order valence-corrected chi connectivity index (χ0v) is 13.0. The van der Waals surface area contributed by atoms with Crippen LogP contribution in [0, 0.1) is 5.41 Å². The van der Waals surface area contributed by atoms with E-state index < -0.39 is 5.41 Å². The predicted octanol–water partition coefficient (Wildman–Crippen LogP) is 3.77. The highest BCUT2D eigenvalue weighted by Gasteiger charge is 2.49. The Hall–Kier alpha value is -2.29. The van der Waals surface area contributed by atoms with Crippen LogP contribution in [0.5, 0.6) is 0 Å². The summed E-state index contributed by atoms with van der Waals surface area (Å²) in [5, 5.41) is 3.11. The Bertz CT molecular complexity index is 755. The first kappa shape index (κ1) is 13.4. The molecule has 3 heteroatoms. The third-order valence-corrected chi connectivity index (χ3v) is 5.30. The molecule has 22 heavy (non-hydrogen) atoms. The lowest BCUT2D eigenvalue weighted by molar-refractivity contribution is -0.126. The summed E-state index contributed by atoms with van der Waals surface area (Å²) >= 11 is 0. The summed E-state index contributed by atoms with van der Waals surface area (Å²) in [7, 11) is 2.11. The minimum absolute atomic E-state index is 0.0705. The third-order valence-electron chi connectivity index (χ3n) is 5.30. The summed E-state index contributed by atoms with van der Waals surface area (Å²) in [5.74, 6) is 0.135. The summed E-state index contributed by atoms with van der Waals surface area (Å²) in [6, 6.07) is 16.7. The molecular formula is C19H20N2O. The third kappa shape index (κ3) is 1.71. The Balaban J connectivity index is 1.94. The Morgan fingerprint density at radius 3 is 2.73 bits per heavy atom. The number of para-hydroxylation sites is 2. The fourth-order valence-electron chi connectivity index (χ4n) is 4.07. The van der Waals surface area contributed by atoms with Gasteiger partial charge in [0.05, 0.1) is 11.5 Å². The van der Waals surface area contributed by atoms with Gasteiger partial charge in [-0.3, -0.25) is 4.79 Å². The highest BCUT2D eigenvalue weighted by atomic mass is 16.2. The molecule has 0 radical (unpaired) electrons. The first-order valence-electron chi connectivity index (χ1n) is 7.82. The molecular weight excluding hydrogens is 272 g/mol. The standard InChI is InChI=1S/C19H20N2O/c1-19-12-11-13-7-3-6-10-16(13)21(2)17(19)14-8-4-5-9-15(14)20-18(19)22/h3-10,17H,11-12H2,1-2H3,(H,20,22)/t17-,19-/m1/s1. The number of carbonyl (C=O) groups excluding carboxylic acids is 1. The molecule has 0 fully saturated rings. The summed E-state index contributed by atoms with van der Waals surface area (Å²) < 4.78 is 0. The number of rotatable bonds is 0. The normalized spacial score (nSPS) is 26.4. The second kappa shape index (κ2) is 4.60. The Morgan fingerprint density at radius 1 is 1.14 bits per heavy atom. The average molecular weight is 292 g/mol. The first-order valence-corrected chi connectivity index (χ1v) is 7.82. The van der Waals surface area contributed by atoms with Gasteiger partial charge in [-0.25, -0.2) is 0 Å². The number of hydrogen-bond acceptors (Lipinski definition) is 2. The van der Waals surface area contributed by atoms with Gasteiger partial charge in [0.1, 0.15) is 0 Å². The lowest BCUT2D eigenvalue weighted by Gasteiger charge is -2.45. The number of aryl methyl sites for hydroxylation is 1. The quantitative estimate of drug-likeness (QED) is 0.801. The van der Waals surface area contributed by atoms with Crippen LogP contribution in [0.4, 0.5) is 11.4 Å². The minimum Gasteiger partial charge on any atom is -0.366 e. The molecule has 2 aliphatic rings. The molecule has 0 saturated heterocycles. The number of amides is 1. The Labute approximate surface area is 131 Å². The van der Waals surface area contributed by atoms with Crippen LogP contribution in [0.3, 0.4) is 0 Å². The zero-order chi connectivity index (χ0) is 15.3. The van der Waals surface area contributed by atoms with Crippen LogP contribution in [-0.2, 0) is 11.2 Å². The molecule has 0 aromatic heterocycles. The summed E-state index contributed by atoms with van der Waals surface area (Å²) in [4.78, 5) is 15.1. The maximum atomic E-state index is 12.8. The van der Waals surface area contributed by atoms with Gasteiger partial charge in [0, 0.05) is 18.4 Å². The van der Waals surface area contributed by atoms with Gasteiger partial charge in [0.2, 0.25) is 5.91 Å². The van der Waals surface area contributed by atoms with E-state index in [0.717, 1.165) is 18.5 Å². The van der Waals surface area contributed by atoms with Crippen molar-refractivity contribution in [2.75, 3.05) is 17.3 Å². The van der Waals surface area contributed by atoms with Crippen LogP contribution in [0.15, 0.2) is 48.5 Å². The predicted molar refractivity (Wildman–Crippen MR) is 89.1 cm³/mol. The molecule has 2 aliphatic heterocycles. The summed E-state index contributed by atoms with van der Waals surface area (Å²) in [5.41, 5.74) is 4.30. The number of hydrogen-bond donors (Lipinski definition) is 1. The van der Waals surface area contributed by atoms with Gasteiger partial charge >= 0.3 is 0 Å². The monoisotopic (exact) mass is 292 g/mol. The van der Waals surface area contributed by atoms with Crippen LogP contribution >= 0.6 is 0 Å². The van der Waals surface area contributed by atoms with Crippen LogP contribution in [0.25, 0.3) is 0 Å². The molecule has 0 bridgehead atoms. The molecule has 0 unspecified atom stereocenters. The van der Waals surface area contributed by atoms with Gasteiger partial charge in [-0.15, -0.1) is 0 Å². The molecule has 2 aromatic rings. The van der Waals surface area contributed by atoms with Crippen molar-refractivity contribution in [1.82, 2.24) is 0 Å². The van der Waals surface area contributed by atoms with E-state index in [1.165, 1.54) is 16.8 Å². The van der Waals surface area contributed by atoms with E-state index >= 15 is 0 Å². The molecule has 0 spiro atoms. The van der Waals surface area contributed by atoms with Crippen molar-refractivity contribution < 1.29 is 4.79 Å². The van der Waals surface area contributed by atoms with Gasteiger partial charge in [-0.2, -0.15) is 0 Å². The average Bonchev–Trinajstić information content (AvgIpc) is 2.65. The maximum absolute atomic E-state index is 12.8. The number of anilines is 2. The van der Waals surface area contributed by atoms with Gasteiger partial charge in [0.25, 0.3) is 0 Å². The fraction of sp³-hybridized carbons (Fsp3) is 0.316. The fourth-order valence-corrected chi connectivity index (χ4v) is 4.07. The largest absolute Gasteiger partial charge is 0.366 e. The number of carbonyl (C=O) groups is 1. The van der Waals surface area contributed by atoms with Gasteiger partial charge in [-0.05, 0) is 43.0 Å². The van der Waals surface area contributed by atoms with E-state index in [1.807, 2.05) is 12.1 Å². The molecule has 3 nitrogen and oxygen atoms in total. The van der Waals surface area contributed by atoms with Gasteiger partial charge in [0.15, 0.2) is 0 Å². The molecule has 2 aromatic carbocycles. The van der Waals surface area contributed by atoms with E-state index in [-0.39, 0.29) is 11.9 Å². The van der Waals surface area contributed by atoms with Crippen LogP contribution in [0.2, 0.25) is 0 Å². The van der Waals surface area contributed by atoms with Gasteiger partial charge in [-0.1, -0.05) is 36.4 Å². The molecule has 1 N–H and O–H groups in total. The first-order chi connectivity index (χ1) is 10.6. The lowest BCUT2D eigenvalue weighted by Crippen LogP contribution is -2.48. The molecule has 0 aliphatic carbocycles. The molecule has 2 atom stereocenters. The van der Waals surface area contributed by atoms with E-state index in [2.05, 4.69) is 60.6 Å². The second-order valence-corrected chi connectivity index (χ2v) is 6.60. The van der Waals surface area contributed by atoms with Crippen molar-refractivity contribution in [1.29, 1.82) is 0 Å². The molecule has 4 rings (SSSR count). The maximum Gasteiger partial charge on any atom is 0.232 e. The SMILES string of the molecule is CN1c2ccccc2CC[C@@]2(C)C(=O)Nc3ccccc3[C@@H]12. The van der Waals surface area contributed by atoms with Crippen molar-refractivity contribution in [3.8, 4) is 0 Å². The Morgan fingerprint density at radius 2 is 1.86 bits per heavy atom. The highest BCUT2D eigenvalue weighted by Crippen LogP contribution is 2.51. The Kier molecular flexibility index (Phi) is 2.80. The van der Waals surface area contributed by atoms with Crippen LogP contribution < -0.4 is 10.2 Å². The smallest absolute Gasteiger partial charge is 0.232 e. The summed E-state index contributed by atoms with van der Waals surface area (Å²) in [6.07, 6.45) is 1.79. The zero-order valence-electron chi connectivity index (χ0n) is 13.0. The lowest BCUT2D eigenvalue weighted by atomic mass is 9.71. The molecule has 1 amide bonds. The second-order valence-electron chi connectivity index (χ2n) is 6.60. The van der Waals surface area contributed by atoms with E-state index in [4.69, 9.17) is 0 Å². The molecule has 112 valence electrons. The van der Waals surface area contributed by atoms with Crippen molar-refractivity contribution in [2.45, 2.75) is 25.8 Å².